The fraction of sp³-hybridized carbons (Fsp3) is 0.625. The number of ketones is 2. The number of ether oxygens (including phenoxy) is 2. The van der Waals surface area contributed by atoms with Crippen molar-refractivity contribution >= 4 is 17.5 Å². The number of Topliss-reactive ketones (excluding diaryl/α,β-unsaturated/α-hetero) is 2. The molecule has 0 aliphatic carbocycles. The summed E-state index contributed by atoms with van der Waals surface area (Å²) in [4.78, 5) is 34.5. The number of hydrogen-bond donors (Lipinski definition) is 0. The zero-order chi connectivity index (χ0) is 21.3. The van der Waals surface area contributed by atoms with Crippen molar-refractivity contribution in [1.29, 1.82) is 0 Å². The summed E-state index contributed by atoms with van der Waals surface area (Å²) in [6.45, 7) is 3.89. The second kappa shape index (κ2) is 15.7. The van der Waals surface area contributed by atoms with E-state index in [1.807, 2.05) is 0 Å². The van der Waals surface area contributed by atoms with Gasteiger partial charge in [0.1, 0.15) is 11.5 Å². The molecule has 0 spiro atoms. The van der Waals surface area contributed by atoms with Gasteiger partial charge in [0.25, 0.3) is 0 Å². The van der Waals surface area contributed by atoms with E-state index < -0.39 is 5.97 Å². The Morgan fingerprint density at radius 1 is 0.793 bits per heavy atom. The first-order valence-corrected chi connectivity index (χ1v) is 10.9. The maximum atomic E-state index is 11.8. The zero-order valence-electron chi connectivity index (χ0n) is 18.0. The monoisotopic (exact) mass is 404 g/mol. The average molecular weight is 405 g/mol. The zero-order valence-corrected chi connectivity index (χ0v) is 18.0. The normalized spacial score (nSPS) is 10.6. The molecule has 0 saturated heterocycles. The van der Waals surface area contributed by atoms with Gasteiger partial charge in [0.05, 0.1) is 13.0 Å². The highest BCUT2D eigenvalue weighted by Gasteiger charge is 2.09. The minimum atomic E-state index is -0.391. The van der Waals surface area contributed by atoms with Crippen molar-refractivity contribution in [3.63, 3.8) is 0 Å². The molecule has 0 unspecified atom stereocenters. The first-order chi connectivity index (χ1) is 14.0. The second-order valence-electron chi connectivity index (χ2n) is 7.52. The average Bonchev–Trinajstić information content (AvgIpc) is 2.70. The van der Waals surface area contributed by atoms with Crippen molar-refractivity contribution < 1.29 is 23.9 Å². The highest BCUT2D eigenvalue weighted by Crippen LogP contribution is 2.14. The van der Waals surface area contributed by atoms with Crippen LogP contribution in [0.25, 0.3) is 0 Å². The fourth-order valence-corrected chi connectivity index (χ4v) is 3.02. The van der Waals surface area contributed by atoms with E-state index in [9.17, 15) is 14.4 Å². The van der Waals surface area contributed by atoms with Crippen LogP contribution >= 0.6 is 0 Å². The van der Waals surface area contributed by atoms with Crippen LogP contribution in [0, 0.1) is 0 Å². The lowest BCUT2D eigenvalue weighted by Crippen LogP contribution is -2.15. The van der Waals surface area contributed by atoms with Crippen LogP contribution in [0.15, 0.2) is 24.3 Å². The van der Waals surface area contributed by atoms with Crippen molar-refractivity contribution in [1.82, 2.24) is 0 Å². The summed E-state index contributed by atoms with van der Waals surface area (Å²) >= 11 is 0. The second-order valence-corrected chi connectivity index (χ2v) is 7.52. The maximum absolute atomic E-state index is 11.8. The topological polar surface area (TPSA) is 69.7 Å². The van der Waals surface area contributed by atoms with Gasteiger partial charge in [0, 0.05) is 5.56 Å². The van der Waals surface area contributed by atoms with Crippen molar-refractivity contribution in [3.05, 3.63) is 29.8 Å². The number of carbonyl (C=O) groups excluding carboxylic acids is 3. The summed E-state index contributed by atoms with van der Waals surface area (Å²) in [5.74, 6) is -0.293. The Kier molecular flexibility index (Phi) is 13.5. The third-order valence-electron chi connectivity index (χ3n) is 4.70. The summed E-state index contributed by atoms with van der Waals surface area (Å²) in [6.07, 6.45) is 12.3. The van der Waals surface area contributed by atoms with Crippen LogP contribution in [0.2, 0.25) is 0 Å². The Hall–Kier alpha value is -2.17. The Morgan fingerprint density at radius 3 is 1.90 bits per heavy atom. The summed E-state index contributed by atoms with van der Waals surface area (Å²) in [7, 11) is 0. The van der Waals surface area contributed by atoms with E-state index in [-0.39, 0.29) is 24.6 Å². The van der Waals surface area contributed by atoms with Crippen LogP contribution in [-0.2, 0) is 14.3 Å². The smallest absolute Gasteiger partial charge is 0.344 e. The van der Waals surface area contributed by atoms with Crippen molar-refractivity contribution in [2.45, 2.75) is 84.5 Å². The Labute approximate surface area is 175 Å². The molecule has 162 valence electrons. The fourth-order valence-electron chi connectivity index (χ4n) is 3.02. The first-order valence-electron chi connectivity index (χ1n) is 10.9. The van der Waals surface area contributed by atoms with Gasteiger partial charge >= 0.3 is 5.97 Å². The Morgan fingerprint density at radius 2 is 1.34 bits per heavy atom. The quantitative estimate of drug-likeness (QED) is 0.144. The summed E-state index contributed by atoms with van der Waals surface area (Å²) in [5, 5.41) is 0. The van der Waals surface area contributed by atoms with Gasteiger partial charge in [-0.1, -0.05) is 64.7 Å². The van der Waals surface area contributed by atoms with E-state index in [4.69, 9.17) is 9.47 Å². The van der Waals surface area contributed by atoms with Crippen LogP contribution in [0.5, 0.6) is 5.75 Å². The van der Waals surface area contributed by atoms with Gasteiger partial charge in [0.2, 0.25) is 0 Å². The van der Waals surface area contributed by atoms with Gasteiger partial charge in [-0.25, -0.2) is 4.79 Å². The number of unbranched alkanes of at least 4 members (excludes halogenated alkanes) is 9. The molecule has 0 aliphatic rings. The molecule has 0 aromatic heterocycles. The van der Waals surface area contributed by atoms with E-state index in [2.05, 4.69) is 6.92 Å². The van der Waals surface area contributed by atoms with Crippen molar-refractivity contribution in [2.75, 3.05) is 13.2 Å². The van der Waals surface area contributed by atoms with Gasteiger partial charge in [-0.2, -0.15) is 0 Å². The predicted molar refractivity (Wildman–Crippen MR) is 114 cm³/mol. The van der Waals surface area contributed by atoms with Gasteiger partial charge in [0.15, 0.2) is 12.4 Å². The molecule has 0 amide bonds. The minimum absolute atomic E-state index is 0.106. The van der Waals surface area contributed by atoms with E-state index in [1.54, 1.807) is 24.3 Å². The highest BCUT2D eigenvalue weighted by molar-refractivity contribution is 6.07. The predicted octanol–water partition coefficient (Wildman–Crippen LogP) is 5.69. The first kappa shape index (κ1) is 24.9. The molecule has 1 rings (SSSR count). The third kappa shape index (κ3) is 12.8. The van der Waals surface area contributed by atoms with Crippen molar-refractivity contribution in [2.24, 2.45) is 0 Å². The lowest BCUT2D eigenvalue weighted by atomic mass is 10.1. The molecule has 0 radical (unpaired) electrons. The van der Waals surface area contributed by atoms with Gasteiger partial charge < -0.3 is 9.47 Å². The van der Waals surface area contributed by atoms with Crippen LogP contribution in [-0.4, -0.2) is 30.7 Å². The largest absolute Gasteiger partial charge is 0.482 e. The van der Waals surface area contributed by atoms with Crippen molar-refractivity contribution in [3.8, 4) is 5.75 Å². The summed E-state index contributed by atoms with van der Waals surface area (Å²) in [6, 6.07) is 6.41. The third-order valence-corrected chi connectivity index (χ3v) is 4.70. The van der Waals surface area contributed by atoms with Crippen LogP contribution in [0.4, 0.5) is 0 Å². The van der Waals surface area contributed by atoms with Crippen LogP contribution < -0.4 is 4.74 Å². The molecule has 0 aliphatic heterocycles. The molecule has 0 atom stereocenters. The van der Waals surface area contributed by atoms with Gasteiger partial charge in [-0.15, -0.1) is 0 Å². The number of rotatable bonds is 17. The molecule has 5 nitrogen and oxygen atoms in total. The molecule has 1 aromatic carbocycles. The molecule has 1 aromatic rings. The number of benzene rings is 1. The minimum Gasteiger partial charge on any atom is -0.482 e. The molecule has 5 heteroatoms. The standard InChI is InChI=1S/C24H36O5/c1-3-4-5-6-7-8-9-10-11-12-17-28-24(27)19-29-22-15-13-21(14-16-22)23(26)18-20(2)25/h13-16H,3-12,17-19H2,1-2H3. The summed E-state index contributed by atoms with van der Waals surface area (Å²) in [5.41, 5.74) is 0.455. The molecule has 0 fully saturated rings. The number of esters is 1. The van der Waals surface area contributed by atoms with Gasteiger partial charge in [-0.3, -0.25) is 9.59 Å². The van der Waals surface area contributed by atoms with Gasteiger partial charge in [-0.05, 0) is 37.6 Å². The Balaban J connectivity index is 2.05. The van der Waals surface area contributed by atoms with E-state index in [0.717, 1.165) is 12.8 Å². The SMILES string of the molecule is CCCCCCCCCCCCOC(=O)COc1ccc(C(=O)CC(C)=O)cc1. The molecule has 29 heavy (non-hydrogen) atoms. The molecule has 0 N–H and O–H groups in total. The summed E-state index contributed by atoms with van der Waals surface area (Å²) < 4.78 is 10.6. The molecular weight excluding hydrogens is 368 g/mol. The van der Waals surface area contributed by atoms with Crippen LogP contribution in [0.3, 0.4) is 0 Å². The number of carbonyl (C=O) groups is 3. The maximum Gasteiger partial charge on any atom is 0.344 e. The lowest BCUT2D eigenvalue weighted by molar-refractivity contribution is -0.146. The molecule has 0 heterocycles. The van der Waals surface area contributed by atoms with E-state index in [1.165, 1.54) is 58.3 Å². The Bertz CT molecular complexity index is 606. The molecule has 0 saturated carbocycles. The van der Waals surface area contributed by atoms with E-state index >= 15 is 0 Å². The lowest BCUT2D eigenvalue weighted by Gasteiger charge is -2.08. The van der Waals surface area contributed by atoms with E-state index in [0.29, 0.717) is 17.9 Å². The number of hydrogen-bond acceptors (Lipinski definition) is 5. The molecular formula is C24H36O5. The highest BCUT2D eigenvalue weighted by atomic mass is 16.6. The van der Waals surface area contributed by atoms with Crippen LogP contribution in [0.1, 0.15) is 94.8 Å². The molecule has 0 bridgehead atoms.